The number of likely N-dealkylation sites (tertiary alicyclic amines) is 1. The van der Waals surface area contributed by atoms with Crippen LogP contribution in [0, 0.1) is 5.41 Å². The summed E-state index contributed by atoms with van der Waals surface area (Å²) in [5, 5.41) is 6.46. The summed E-state index contributed by atoms with van der Waals surface area (Å²) in [7, 11) is 1.82. The van der Waals surface area contributed by atoms with Gasteiger partial charge in [0, 0.05) is 42.7 Å². The van der Waals surface area contributed by atoms with Crippen LogP contribution in [0.15, 0.2) is 29.3 Å². The zero-order valence-corrected chi connectivity index (χ0v) is 20.0. The summed E-state index contributed by atoms with van der Waals surface area (Å²) in [6, 6.07) is 7.95. The zero-order valence-electron chi connectivity index (χ0n) is 17.7. The van der Waals surface area contributed by atoms with Gasteiger partial charge in [0.25, 0.3) is 5.91 Å². The summed E-state index contributed by atoms with van der Waals surface area (Å²) in [5.74, 6) is 0.889. The third-order valence-electron chi connectivity index (χ3n) is 5.98. The SMILES string of the molecule is CCC(C)NC(=O)c1cccc(CNC(=NC)N2CC(C)(C)C2(C)C)c1.I. The van der Waals surface area contributed by atoms with Crippen molar-refractivity contribution in [1.29, 1.82) is 0 Å². The summed E-state index contributed by atoms with van der Waals surface area (Å²) in [6.45, 7) is 14.8. The largest absolute Gasteiger partial charge is 0.352 e. The molecule has 0 radical (unpaired) electrons. The third-order valence-corrected chi connectivity index (χ3v) is 5.98. The van der Waals surface area contributed by atoms with Crippen LogP contribution in [-0.2, 0) is 6.54 Å². The van der Waals surface area contributed by atoms with Crippen LogP contribution in [0.3, 0.4) is 0 Å². The van der Waals surface area contributed by atoms with Crippen LogP contribution in [0.4, 0.5) is 0 Å². The smallest absolute Gasteiger partial charge is 0.251 e. The van der Waals surface area contributed by atoms with E-state index in [9.17, 15) is 4.79 Å². The Labute approximate surface area is 181 Å². The van der Waals surface area contributed by atoms with Crippen LogP contribution in [0.2, 0.25) is 0 Å². The van der Waals surface area contributed by atoms with E-state index < -0.39 is 0 Å². The summed E-state index contributed by atoms with van der Waals surface area (Å²) in [6.07, 6.45) is 0.922. The number of carbonyl (C=O) groups is 1. The number of carbonyl (C=O) groups excluding carboxylic acids is 1. The average Bonchev–Trinajstić information content (AvgIpc) is 2.61. The number of benzene rings is 1. The Kier molecular flexibility index (Phi) is 8.14. The Morgan fingerprint density at radius 2 is 1.96 bits per heavy atom. The van der Waals surface area contributed by atoms with Gasteiger partial charge in [-0.3, -0.25) is 9.79 Å². The van der Waals surface area contributed by atoms with Crippen molar-refractivity contribution in [2.45, 2.75) is 66.1 Å². The first kappa shape index (κ1) is 23.7. The minimum absolute atomic E-state index is 0. The number of hydrogen-bond donors (Lipinski definition) is 2. The first-order chi connectivity index (χ1) is 12.1. The maximum absolute atomic E-state index is 12.3. The van der Waals surface area contributed by atoms with Gasteiger partial charge in [0.15, 0.2) is 5.96 Å². The summed E-state index contributed by atoms with van der Waals surface area (Å²) < 4.78 is 0. The van der Waals surface area contributed by atoms with E-state index in [1.807, 2.05) is 38.2 Å². The van der Waals surface area contributed by atoms with Gasteiger partial charge >= 0.3 is 0 Å². The van der Waals surface area contributed by atoms with E-state index in [1.54, 1.807) is 0 Å². The summed E-state index contributed by atoms with van der Waals surface area (Å²) in [4.78, 5) is 19.1. The molecule has 1 atom stereocenters. The Balaban J connectivity index is 0.00000364. The molecule has 2 rings (SSSR count). The molecule has 1 unspecified atom stereocenters. The second-order valence-corrected chi connectivity index (χ2v) is 8.41. The van der Waals surface area contributed by atoms with Crippen molar-refractivity contribution in [2.24, 2.45) is 10.4 Å². The molecule has 0 spiro atoms. The number of halogens is 1. The minimum atomic E-state index is -0.0174. The fourth-order valence-corrected chi connectivity index (χ4v) is 3.11. The van der Waals surface area contributed by atoms with E-state index in [0.29, 0.717) is 12.1 Å². The molecule has 0 aromatic heterocycles. The van der Waals surface area contributed by atoms with E-state index in [0.717, 1.165) is 24.5 Å². The van der Waals surface area contributed by atoms with E-state index in [1.165, 1.54) is 0 Å². The zero-order chi connectivity index (χ0) is 19.5. The van der Waals surface area contributed by atoms with Crippen LogP contribution in [0.1, 0.15) is 63.9 Å². The fraction of sp³-hybridized carbons (Fsp3) is 0.619. The van der Waals surface area contributed by atoms with Gasteiger partial charge in [0.05, 0.1) is 0 Å². The number of amides is 1. The quantitative estimate of drug-likeness (QED) is 0.376. The monoisotopic (exact) mass is 486 g/mol. The second-order valence-electron chi connectivity index (χ2n) is 8.41. The van der Waals surface area contributed by atoms with Crippen molar-refractivity contribution in [3.05, 3.63) is 35.4 Å². The second kappa shape index (κ2) is 9.26. The number of hydrogen-bond acceptors (Lipinski definition) is 2. The Bertz CT molecular complexity index is 685. The predicted octanol–water partition coefficient (Wildman–Crippen LogP) is 4.03. The molecule has 1 fully saturated rings. The molecule has 5 nitrogen and oxygen atoms in total. The van der Waals surface area contributed by atoms with Crippen LogP contribution < -0.4 is 10.6 Å². The maximum Gasteiger partial charge on any atom is 0.251 e. The molecule has 1 amide bonds. The molecular formula is C21H35IN4O. The maximum atomic E-state index is 12.3. The van der Waals surface area contributed by atoms with Crippen molar-refractivity contribution in [3.63, 3.8) is 0 Å². The van der Waals surface area contributed by atoms with Crippen molar-refractivity contribution in [1.82, 2.24) is 15.5 Å². The number of aliphatic imine (C=N–C) groups is 1. The van der Waals surface area contributed by atoms with E-state index in [-0.39, 0.29) is 46.9 Å². The van der Waals surface area contributed by atoms with Crippen LogP contribution in [0.5, 0.6) is 0 Å². The molecule has 1 aliphatic heterocycles. The summed E-state index contributed by atoms with van der Waals surface area (Å²) in [5.41, 5.74) is 2.09. The lowest BCUT2D eigenvalue weighted by Crippen LogP contribution is -2.72. The van der Waals surface area contributed by atoms with Gasteiger partial charge in [0.2, 0.25) is 0 Å². The lowest BCUT2D eigenvalue weighted by molar-refractivity contribution is -0.0667. The number of nitrogens with zero attached hydrogens (tertiary/aromatic N) is 2. The molecule has 0 bridgehead atoms. The topological polar surface area (TPSA) is 56.7 Å². The van der Waals surface area contributed by atoms with Gasteiger partial charge in [0.1, 0.15) is 0 Å². The fourth-order valence-electron chi connectivity index (χ4n) is 3.11. The van der Waals surface area contributed by atoms with Gasteiger partial charge in [-0.25, -0.2) is 0 Å². The molecule has 1 aromatic rings. The number of nitrogens with one attached hydrogen (secondary N) is 2. The highest BCUT2D eigenvalue weighted by molar-refractivity contribution is 14.0. The molecule has 152 valence electrons. The molecule has 1 heterocycles. The molecule has 6 heteroatoms. The molecule has 0 saturated carbocycles. The van der Waals surface area contributed by atoms with E-state index in [4.69, 9.17) is 0 Å². The van der Waals surface area contributed by atoms with E-state index >= 15 is 0 Å². The molecule has 27 heavy (non-hydrogen) atoms. The van der Waals surface area contributed by atoms with Crippen LogP contribution in [0.25, 0.3) is 0 Å². The Morgan fingerprint density at radius 1 is 1.30 bits per heavy atom. The molecule has 2 N–H and O–H groups in total. The number of rotatable bonds is 5. The first-order valence-corrected chi connectivity index (χ1v) is 9.50. The molecule has 1 saturated heterocycles. The van der Waals surface area contributed by atoms with Crippen molar-refractivity contribution >= 4 is 35.8 Å². The third kappa shape index (κ3) is 5.15. The molecule has 1 aromatic carbocycles. The van der Waals surface area contributed by atoms with Crippen molar-refractivity contribution < 1.29 is 4.79 Å². The molecule has 0 aliphatic carbocycles. The lowest BCUT2D eigenvalue weighted by atomic mass is 9.65. The normalized spacial score (nSPS) is 18.8. The van der Waals surface area contributed by atoms with Crippen LogP contribution >= 0.6 is 24.0 Å². The number of guanidine groups is 1. The standard InChI is InChI=1S/C21H34N4O.HI/c1-8-15(2)24-18(26)17-11-9-10-16(12-17)13-23-19(22-7)25-14-20(3,4)21(25,5)6;/h9-12,15H,8,13-14H2,1-7H3,(H,22,23)(H,24,26);1H. The summed E-state index contributed by atoms with van der Waals surface area (Å²) >= 11 is 0. The van der Waals surface area contributed by atoms with Crippen molar-refractivity contribution in [2.75, 3.05) is 13.6 Å². The predicted molar refractivity (Wildman–Crippen MR) is 124 cm³/mol. The van der Waals surface area contributed by atoms with Crippen molar-refractivity contribution in [3.8, 4) is 0 Å². The van der Waals surface area contributed by atoms with Gasteiger partial charge in [-0.05, 0) is 44.9 Å². The van der Waals surface area contributed by atoms with E-state index in [2.05, 4.69) is 55.1 Å². The average molecular weight is 486 g/mol. The van der Waals surface area contributed by atoms with Crippen LogP contribution in [-0.4, -0.2) is 41.9 Å². The molecular weight excluding hydrogens is 451 g/mol. The van der Waals surface area contributed by atoms with Gasteiger partial charge < -0.3 is 15.5 Å². The highest BCUT2D eigenvalue weighted by Crippen LogP contribution is 2.46. The highest BCUT2D eigenvalue weighted by Gasteiger charge is 2.53. The first-order valence-electron chi connectivity index (χ1n) is 9.50. The van der Waals surface area contributed by atoms with Gasteiger partial charge in [-0.2, -0.15) is 0 Å². The Hall–Kier alpha value is -1.31. The lowest BCUT2D eigenvalue weighted by Gasteiger charge is -2.62. The van der Waals surface area contributed by atoms with Gasteiger partial charge in [-0.15, -0.1) is 24.0 Å². The Morgan fingerprint density at radius 3 is 2.48 bits per heavy atom. The highest BCUT2D eigenvalue weighted by atomic mass is 127. The molecule has 1 aliphatic rings. The van der Waals surface area contributed by atoms with Gasteiger partial charge in [-0.1, -0.05) is 32.9 Å². The minimum Gasteiger partial charge on any atom is -0.352 e.